The van der Waals surface area contributed by atoms with Crippen LogP contribution in [-0.4, -0.2) is 30.1 Å². The summed E-state index contributed by atoms with van der Waals surface area (Å²) in [6.45, 7) is 4.16. The smallest absolute Gasteiger partial charge is 0.135 e. The van der Waals surface area contributed by atoms with Gasteiger partial charge in [-0.3, -0.25) is 15.1 Å². The second kappa shape index (κ2) is 8.16. The molecule has 0 amide bonds. The van der Waals surface area contributed by atoms with Crippen LogP contribution < -0.4 is 5.32 Å². The van der Waals surface area contributed by atoms with Crippen molar-refractivity contribution in [3.8, 4) is 33.9 Å². The van der Waals surface area contributed by atoms with Gasteiger partial charge in [0.1, 0.15) is 11.2 Å². The standard InChI is InChI=1S/C29H23N7/c1-17(18-8-9-18)32-20-13-19(15-30-16-20)23-10-11-26-28(34-23)29(36-35-26)27-14-22-21(5-4-7-25(22)33-27)24-6-2-3-12-31-24/h2-7,10-16,18,32-33H,1,8-9H2,(H,35,36). The van der Waals surface area contributed by atoms with Crippen LogP contribution in [0.4, 0.5) is 5.69 Å². The van der Waals surface area contributed by atoms with Gasteiger partial charge in [-0.15, -0.1) is 0 Å². The van der Waals surface area contributed by atoms with Crippen LogP contribution in [0.15, 0.2) is 91.5 Å². The SMILES string of the molecule is C=C(Nc1cncc(-c2ccc3[nH]nc(-c4cc5c(-c6ccccn6)cccc5[nH]4)c3n2)c1)C1CC1. The summed E-state index contributed by atoms with van der Waals surface area (Å²) in [7, 11) is 0. The van der Waals surface area contributed by atoms with Crippen molar-refractivity contribution in [3.05, 3.63) is 91.5 Å². The van der Waals surface area contributed by atoms with E-state index in [2.05, 4.69) is 61.3 Å². The predicted octanol–water partition coefficient (Wildman–Crippen LogP) is 6.57. The molecular formula is C29H23N7. The molecule has 1 aromatic carbocycles. The number of pyridine rings is 3. The van der Waals surface area contributed by atoms with Crippen LogP contribution in [0.5, 0.6) is 0 Å². The van der Waals surface area contributed by atoms with Gasteiger partial charge in [0.25, 0.3) is 0 Å². The Morgan fingerprint density at radius 3 is 2.75 bits per heavy atom. The maximum Gasteiger partial charge on any atom is 0.135 e. The molecule has 0 spiro atoms. The first-order valence-corrected chi connectivity index (χ1v) is 12.0. The minimum atomic E-state index is 0.575. The third-order valence-corrected chi connectivity index (χ3v) is 6.68. The monoisotopic (exact) mass is 469 g/mol. The molecule has 5 heterocycles. The van der Waals surface area contributed by atoms with Gasteiger partial charge in [-0.1, -0.05) is 24.8 Å². The Kier molecular flexibility index (Phi) is 4.67. The third kappa shape index (κ3) is 3.62. The molecule has 6 aromatic rings. The zero-order chi connectivity index (χ0) is 24.1. The zero-order valence-corrected chi connectivity index (χ0v) is 19.5. The Bertz CT molecular complexity index is 1740. The lowest BCUT2D eigenvalue weighted by atomic mass is 10.1. The Balaban J connectivity index is 1.28. The molecule has 7 rings (SSSR count). The van der Waals surface area contributed by atoms with Gasteiger partial charge in [-0.05, 0) is 61.2 Å². The van der Waals surface area contributed by atoms with Crippen LogP contribution in [0.3, 0.4) is 0 Å². The van der Waals surface area contributed by atoms with Gasteiger partial charge in [-0.2, -0.15) is 5.10 Å². The van der Waals surface area contributed by atoms with Crippen LogP contribution in [-0.2, 0) is 0 Å². The van der Waals surface area contributed by atoms with Crippen LogP contribution in [0, 0.1) is 5.92 Å². The molecular weight excluding hydrogens is 446 g/mol. The second-order valence-electron chi connectivity index (χ2n) is 9.22. The van der Waals surface area contributed by atoms with Gasteiger partial charge in [0, 0.05) is 40.1 Å². The largest absolute Gasteiger partial charge is 0.358 e. The van der Waals surface area contributed by atoms with Crippen molar-refractivity contribution >= 4 is 27.6 Å². The third-order valence-electron chi connectivity index (χ3n) is 6.68. The molecule has 36 heavy (non-hydrogen) atoms. The van der Waals surface area contributed by atoms with E-state index in [1.54, 1.807) is 0 Å². The van der Waals surface area contributed by atoms with E-state index in [9.17, 15) is 0 Å². The Morgan fingerprint density at radius 2 is 1.89 bits per heavy atom. The molecule has 0 radical (unpaired) electrons. The summed E-state index contributed by atoms with van der Waals surface area (Å²) in [5.74, 6) is 0.575. The molecule has 7 nitrogen and oxygen atoms in total. The summed E-state index contributed by atoms with van der Waals surface area (Å²) < 4.78 is 0. The molecule has 1 fully saturated rings. The van der Waals surface area contributed by atoms with Crippen molar-refractivity contribution in [1.29, 1.82) is 0 Å². The number of hydrogen-bond donors (Lipinski definition) is 3. The minimum Gasteiger partial charge on any atom is -0.358 e. The van der Waals surface area contributed by atoms with Gasteiger partial charge in [-0.25, -0.2) is 4.98 Å². The first kappa shape index (κ1) is 20.6. The molecule has 0 atom stereocenters. The van der Waals surface area contributed by atoms with Crippen molar-refractivity contribution in [2.24, 2.45) is 5.92 Å². The van der Waals surface area contributed by atoms with E-state index in [1.807, 2.05) is 55.0 Å². The summed E-state index contributed by atoms with van der Waals surface area (Å²) in [5.41, 5.74) is 10.2. The maximum atomic E-state index is 4.98. The topological polar surface area (TPSA) is 95.2 Å². The van der Waals surface area contributed by atoms with E-state index in [-0.39, 0.29) is 0 Å². The average Bonchev–Trinajstić information content (AvgIpc) is 3.55. The highest BCUT2D eigenvalue weighted by molar-refractivity contribution is 6.00. The summed E-state index contributed by atoms with van der Waals surface area (Å²) in [5, 5.41) is 12.2. The van der Waals surface area contributed by atoms with Gasteiger partial charge in [0.05, 0.1) is 34.5 Å². The summed E-state index contributed by atoms with van der Waals surface area (Å²) in [4.78, 5) is 17.5. The maximum absolute atomic E-state index is 4.98. The van der Waals surface area contributed by atoms with Crippen LogP contribution in [0.25, 0.3) is 55.8 Å². The number of aromatic amines is 2. The molecule has 3 N–H and O–H groups in total. The molecule has 7 heteroatoms. The quantitative estimate of drug-likeness (QED) is 0.257. The lowest BCUT2D eigenvalue weighted by Crippen LogP contribution is -2.00. The van der Waals surface area contributed by atoms with Crippen molar-refractivity contribution in [1.82, 2.24) is 30.1 Å². The van der Waals surface area contributed by atoms with E-state index in [1.165, 1.54) is 12.8 Å². The fraction of sp³-hybridized carbons (Fsp3) is 0.103. The van der Waals surface area contributed by atoms with Crippen molar-refractivity contribution in [2.75, 3.05) is 5.32 Å². The molecule has 0 unspecified atom stereocenters. The number of nitrogens with zero attached hydrogens (tertiary/aromatic N) is 4. The fourth-order valence-corrected chi connectivity index (χ4v) is 4.64. The van der Waals surface area contributed by atoms with Crippen LogP contribution in [0.1, 0.15) is 12.8 Å². The molecule has 0 aliphatic heterocycles. The highest BCUT2D eigenvalue weighted by atomic mass is 15.1. The summed E-state index contributed by atoms with van der Waals surface area (Å²) in [6, 6.07) is 20.3. The predicted molar refractivity (Wildman–Crippen MR) is 143 cm³/mol. The number of allylic oxidation sites excluding steroid dienone is 1. The second-order valence-corrected chi connectivity index (χ2v) is 9.22. The molecule has 0 saturated heterocycles. The number of anilines is 1. The molecule has 5 aromatic heterocycles. The Labute approximate surface area is 207 Å². The highest BCUT2D eigenvalue weighted by Gasteiger charge is 2.24. The number of nitrogens with one attached hydrogen (secondary N) is 3. The first-order chi connectivity index (χ1) is 17.7. The summed E-state index contributed by atoms with van der Waals surface area (Å²) in [6.07, 6.45) is 7.88. The normalized spacial score (nSPS) is 13.3. The molecule has 1 aliphatic rings. The first-order valence-electron chi connectivity index (χ1n) is 12.0. The van der Waals surface area contributed by atoms with Gasteiger partial charge < -0.3 is 10.3 Å². The number of benzene rings is 1. The number of hydrogen-bond acceptors (Lipinski definition) is 5. The van der Waals surface area contributed by atoms with Crippen molar-refractivity contribution < 1.29 is 0 Å². The number of H-pyrrole nitrogens is 2. The van der Waals surface area contributed by atoms with Crippen LogP contribution in [0.2, 0.25) is 0 Å². The van der Waals surface area contributed by atoms with E-state index < -0.39 is 0 Å². The molecule has 1 saturated carbocycles. The zero-order valence-electron chi connectivity index (χ0n) is 19.5. The number of aromatic nitrogens is 6. The van der Waals surface area contributed by atoms with E-state index in [4.69, 9.17) is 4.98 Å². The molecule has 174 valence electrons. The fourth-order valence-electron chi connectivity index (χ4n) is 4.64. The lowest BCUT2D eigenvalue weighted by Gasteiger charge is -2.09. The Morgan fingerprint density at radius 1 is 0.944 bits per heavy atom. The number of rotatable bonds is 6. The molecule has 0 bridgehead atoms. The summed E-state index contributed by atoms with van der Waals surface area (Å²) >= 11 is 0. The lowest BCUT2D eigenvalue weighted by molar-refractivity contribution is 1.02. The highest BCUT2D eigenvalue weighted by Crippen LogP contribution is 2.36. The van der Waals surface area contributed by atoms with Crippen molar-refractivity contribution in [2.45, 2.75) is 12.8 Å². The number of fused-ring (bicyclic) bond motifs is 2. The van der Waals surface area contributed by atoms with Crippen molar-refractivity contribution in [3.63, 3.8) is 0 Å². The van der Waals surface area contributed by atoms with E-state index in [0.717, 1.165) is 67.2 Å². The van der Waals surface area contributed by atoms with Gasteiger partial charge >= 0.3 is 0 Å². The Hall–Kier alpha value is -4.78. The van der Waals surface area contributed by atoms with Gasteiger partial charge in [0.15, 0.2) is 0 Å². The van der Waals surface area contributed by atoms with E-state index >= 15 is 0 Å². The van der Waals surface area contributed by atoms with Crippen LogP contribution >= 0.6 is 0 Å². The van der Waals surface area contributed by atoms with E-state index in [0.29, 0.717) is 5.92 Å². The minimum absolute atomic E-state index is 0.575. The van der Waals surface area contributed by atoms with Gasteiger partial charge in [0.2, 0.25) is 0 Å². The average molecular weight is 470 g/mol. The molecule has 1 aliphatic carbocycles.